The average molecular weight is 380 g/mol. The summed E-state index contributed by atoms with van der Waals surface area (Å²) in [6.45, 7) is 0. The third-order valence-electron chi connectivity index (χ3n) is 4.24. The molecule has 9 heteroatoms. The summed E-state index contributed by atoms with van der Waals surface area (Å²) in [4.78, 5) is 18.3. The maximum atomic E-state index is 12.3. The minimum atomic E-state index is -3.01. The van der Waals surface area contributed by atoms with Crippen molar-refractivity contribution in [3.63, 3.8) is 0 Å². The monoisotopic (exact) mass is 380 g/mol. The van der Waals surface area contributed by atoms with E-state index >= 15 is 0 Å². The van der Waals surface area contributed by atoms with Crippen LogP contribution < -0.4 is 5.84 Å². The van der Waals surface area contributed by atoms with Crippen LogP contribution in [0.25, 0.3) is 11.3 Å². The van der Waals surface area contributed by atoms with Gasteiger partial charge in [0.05, 0.1) is 29.1 Å². The number of hydrogen-bond donors (Lipinski definition) is 1. The Labute approximate surface area is 151 Å². The van der Waals surface area contributed by atoms with Gasteiger partial charge in [0.1, 0.15) is 0 Å². The van der Waals surface area contributed by atoms with E-state index in [9.17, 15) is 13.2 Å². The number of amides is 1. The molecule has 2 heterocycles. The molecule has 1 aliphatic rings. The first-order chi connectivity index (χ1) is 11.9. The van der Waals surface area contributed by atoms with E-state index in [2.05, 4.69) is 4.98 Å². The van der Waals surface area contributed by atoms with Gasteiger partial charge in [-0.15, -0.1) is 0 Å². The molecule has 1 amide bonds. The Morgan fingerprint density at radius 3 is 2.76 bits per heavy atom. The Morgan fingerprint density at radius 2 is 2.12 bits per heavy atom. The lowest BCUT2D eigenvalue weighted by molar-refractivity contribution is -0.128. The molecule has 1 fully saturated rings. The third kappa shape index (κ3) is 4.16. The largest absolute Gasteiger partial charge is 0.341 e. The highest BCUT2D eigenvalue weighted by atomic mass is 32.2. The SMILES string of the molecule is CN(C(=O)CSc1nc(-c2ccccc2)cn1N)C1CCS(=O)(=O)C1. The lowest BCUT2D eigenvalue weighted by Crippen LogP contribution is -2.38. The number of aromatic nitrogens is 2. The van der Waals surface area contributed by atoms with E-state index in [1.54, 1.807) is 13.2 Å². The predicted molar refractivity (Wildman–Crippen MR) is 98.4 cm³/mol. The van der Waals surface area contributed by atoms with Gasteiger partial charge in [-0.3, -0.25) is 4.79 Å². The van der Waals surface area contributed by atoms with E-state index in [1.807, 2.05) is 30.3 Å². The van der Waals surface area contributed by atoms with Crippen LogP contribution in [-0.4, -0.2) is 59.2 Å². The minimum absolute atomic E-state index is 0.0452. The fourth-order valence-electron chi connectivity index (χ4n) is 2.74. The van der Waals surface area contributed by atoms with Gasteiger partial charge in [0.15, 0.2) is 15.0 Å². The Morgan fingerprint density at radius 1 is 1.40 bits per heavy atom. The summed E-state index contributed by atoms with van der Waals surface area (Å²) in [5, 5.41) is 0.541. The summed E-state index contributed by atoms with van der Waals surface area (Å²) in [6.07, 6.45) is 2.22. The van der Waals surface area contributed by atoms with E-state index in [4.69, 9.17) is 5.84 Å². The fraction of sp³-hybridized carbons (Fsp3) is 0.375. The van der Waals surface area contributed by atoms with Gasteiger partial charge in [-0.25, -0.2) is 18.1 Å². The molecule has 1 aliphatic heterocycles. The van der Waals surface area contributed by atoms with Gasteiger partial charge in [0.25, 0.3) is 0 Å². The highest BCUT2D eigenvalue weighted by molar-refractivity contribution is 7.99. The Hall–Kier alpha value is -2.00. The molecule has 1 aromatic heterocycles. The van der Waals surface area contributed by atoms with Crippen LogP contribution >= 0.6 is 11.8 Å². The number of carbonyl (C=O) groups is 1. The molecule has 0 bridgehead atoms. The molecular weight excluding hydrogens is 360 g/mol. The summed E-state index contributed by atoms with van der Waals surface area (Å²) in [7, 11) is -1.36. The first-order valence-corrected chi connectivity index (χ1v) is 10.7. The smallest absolute Gasteiger partial charge is 0.233 e. The second kappa shape index (κ2) is 7.09. The minimum Gasteiger partial charge on any atom is -0.341 e. The number of sulfone groups is 1. The highest BCUT2D eigenvalue weighted by Crippen LogP contribution is 2.24. The molecule has 1 saturated heterocycles. The number of nitrogens with zero attached hydrogens (tertiary/aromatic N) is 3. The predicted octanol–water partition coefficient (Wildman–Crippen LogP) is 1.00. The van der Waals surface area contributed by atoms with Crippen LogP contribution in [0.2, 0.25) is 0 Å². The number of nitrogens with two attached hydrogens (primary N) is 1. The molecule has 25 heavy (non-hydrogen) atoms. The molecule has 134 valence electrons. The van der Waals surface area contributed by atoms with Crippen molar-refractivity contribution >= 4 is 27.5 Å². The second-order valence-electron chi connectivity index (χ2n) is 6.03. The van der Waals surface area contributed by atoms with Gasteiger partial charge in [0, 0.05) is 18.7 Å². The standard InChI is InChI=1S/C16H20N4O3S2/c1-19(13-7-8-25(22,23)11-13)15(21)10-24-16-18-14(9-20(16)17)12-5-3-2-4-6-12/h2-6,9,13H,7-8,10-11,17H2,1H3. The second-order valence-corrected chi connectivity index (χ2v) is 9.20. The normalized spacial score (nSPS) is 19.0. The number of hydrogen-bond acceptors (Lipinski definition) is 6. The van der Waals surface area contributed by atoms with E-state index in [0.717, 1.165) is 11.3 Å². The lowest BCUT2D eigenvalue weighted by atomic mass is 10.2. The quantitative estimate of drug-likeness (QED) is 0.614. The van der Waals surface area contributed by atoms with E-state index in [0.29, 0.717) is 11.6 Å². The molecule has 2 aromatic rings. The molecule has 1 atom stereocenters. The third-order valence-corrected chi connectivity index (χ3v) is 6.94. The number of carbonyl (C=O) groups excluding carboxylic acids is 1. The van der Waals surface area contributed by atoms with Crippen molar-refractivity contribution in [2.75, 3.05) is 30.1 Å². The fourth-order valence-corrected chi connectivity index (χ4v) is 5.34. The van der Waals surface area contributed by atoms with Crippen LogP contribution in [0.5, 0.6) is 0 Å². The molecule has 0 aliphatic carbocycles. The van der Waals surface area contributed by atoms with Crippen LogP contribution in [0.1, 0.15) is 6.42 Å². The number of benzene rings is 1. The zero-order chi connectivity index (χ0) is 18.0. The van der Waals surface area contributed by atoms with E-state index < -0.39 is 9.84 Å². The van der Waals surface area contributed by atoms with Crippen LogP contribution in [0.4, 0.5) is 0 Å². The first kappa shape index (κ1) is 17.8. The van der Waals surface area contributed by atoms with Gasteiger partial charge in [-0.05, 0) is 6.42 Å². The highest BCUT2D eigenvalue weighted by Gasteiger charge is 2.32. The maximum absolute atomic E-state index is 12.3. The van der Waals surface area contributed by atoms with Crippen molar-refractivity contribution < 1.29 is 13.2 Å². The molecule has 3 rings (SSSR count). The summed E-state index contributed by atoms with van der Waals surface area (Å²) >= 11 is 1.24. The number of nitrogen functional groups attached to an aromatic ring is 1. The number of rotatable bonds is 5. The topological polar surface area (TPSA) is 98.3 Å². The molecule has 2 N–H and O–H groups in total. The van der Waals surface area contributed by atoms with Crippen LogP contribution in [0.3, 0.4) is 0 Å². The van der Waals surface area contributed by atoms with Crippen LogP contribution in [0, 0.1) is 0 Å². The molecule has 1 aromatic carbocycles. The Balaban J connectivity index is 1.62. The van der Waals surface area contributed by atoms with Crippen molar-refractivity contribution in [3.8, 4) is 11.3 Å². The first-order valence-electron chi connectivity index (χ1n) is 7.84. The Bertz CT molecular complexity index is 865. The zero-order valence-electron chi connectivity index (χ0n) is 13.8. The van der Waals surface area contributed by atoms with Crippen molar-refractivity contribution in [3.05, 3.63) is 36.5 Å². The number of imidazole rings is 1. The van der Waals surface area contributed by atoms with Gasteiger partial charge < -0.3 is 10.7 Å². The molecule has 0 spiro atoms. The molecule has 1 unspecified atom stereocenters. The van der Waals surface area contributed by atoms with E-state index in [1.165, 1.54) is 21.3 Å². The van der Waals surface area contributed by atoms with Crippen molar-refractivity contribution in [1.82, 2.24) is 14.6 Å². The van der Waals surface area contributed by atoms with Crippen molar-refractivity contribution in [2.24, 2.45) is 0 Å². The van der Waals surface area contributed by atoms with Crippen molar-refractivity contribution in [1.29, 1.82) is 0 Å². The summed E-state index contributed by atoms with van der Waals surface area (Å²) in [6, 6.07) is 9.41. The summed E-state index contributed by atoms with van der Waals surface area (Å²) in [5.74, 6) is 6.16. The molecule has 0 saturated carbocycles. The zero-order valence-corrected chi connectivity index (χ0v) is 15.5. The maximum Gasteiger partial charge on any atom is 0.233 e. The molecule has 0 radical (unpaired) electrons. The number of thioether (sulfide) groups is 1. The van der Waals surface area contributed by atoms with E-state index in [-0.39, 0.29) is 29.2 Å². The lowest BCUT2D eigenvalue weighted by Gasteiger charge is -2.23. The molecule has 7 nitrogen and oxygen atoms in total. The van der Waals surface area contributed by atoms with Gasteiger partial charge >= 0.3 is 0 Å². The van der Waals surface area contributed by atoms with Gasteiger partial charge in [0.2, 0.25) is 5.91 Å². The summed E-state index contributed by atoms with van der Waals surface area (Å²) < 4.78 is 24.5. The van der Waals surface area contributed by atoms with Gasteiger partial charge in [-0.2, -0.15) is 0 Å². The van der Waals surface area contributed by atoms with Crippen molar-refractivity contribution in [2.45, 2.75) is 17.6 Å². The van der Waals surface area contributed by atoms with Crippen LogP contribution in [0.15, 0.2) is 41.7 Å². The molecular formula is C16H20N4O3S2. The average Bonchev–Trinajstić information content (AvgIpc) is 3.15. The van der Waals surface area contributed by atoms with Crippen LogP contribution in [-0.2, 0) is 14.6 Å². The van der Waals surface area contributed by atoms with Gasteiger partial charge in [-0.1, -0.05) is 42.1 Å². The summed E-state index contributed by atoms with van der Waals surface area (Å²) in [5.41, 5.74) is 1.70. The Kier molecular flexibility index (Phi) is 5.05.